The Balaban J connectivity index is 1.98. The molecule has 7 heteroatoms. The van der Waals surface area contributed by atoms with Crippen LogP contribution in [-0.4, -0.2) is 25.3 Å². The Morgan fingerprint density at radius 3 is 2.94 bits per heavy atom. The largest absolute Gasteiger partial charge is 0.436 e. The third-order valence-corrected chi connectivity index (χ3v) is 2.27. The number of benzene rings is 1. The van der Waals surface area contributed by atoms with Crippen LogP contribution in [0.15, 0.2) is 36.4 Å². The molecule has 1 aromatic carbocycles. The lowest BCUT2D eigenvalue weighted by molar-refractivity contribution is 0.446. The molecule has 0 aliphatic heterocycles. The molecular formula is C11H6N6O. The van der Waals surface area contributed by atoms with Crippen LogP contribution in [-0.2, 0) is 0 Å². The number of rotatable bonds is 2. The van der Waals surface area contributed by atoms with Crippen LogP contribution in [0.5, 0.6) is 11.6 Å². The molecule has 0 spiro atoms. The lowest BCUT2D eigenvalue weighted by Gasteiger charge is -2.05. The molecule has 0 saturated carbocycles. The summed E-state index contributed by atoms with van der Waals surface area (Å²) < 4.78 is 6.78. The maximum Gasteiger partial charge on any atom is 0.239 e. The van der Waals surface area contributed by atoms with Gasteiger partial charge in [-0.15, -0.1) is 14.8 Å². The molecule has 2 aromatic heterocycles. The van der Waals surface area contributed by atoms with Gasteiger partial charge in [0.2, 0.25) is 5.88 Å². The van der Waals surface area contributed by atoms with E-state index in [1.165, 1.54) is 4.63 Å². The second kappa shape index (κ2) is 4.10. The molecule has 7 nitrogen and oxygen atoms in total. The first kappa shape index (κ1) is 10.2. The number of hydrogen-bond donors (Lipinski definition) is 0. The molecule has 2 heterocycles. The number of ether oxygens (including phenoxy) is 1. The number of para-hydroxylation sites is 1. The van der Waals surface area contributed by atoms with Gasteiger partial charge in [0.1, 0.15) is 11.8 Å². The molecule has 18 heavy (non-hydrogen) atoms. The standard InChI is InChI=1S/C11H6N6O/c12-7-8-3-1-2-4-9(8)18-11-6-5-10-13-15-16-17(10)14-11/h1-6H. The molecule has 0 amide bonds. The van der Waals surface area contributed by atoms with E-state index in [0.29, 0.717) is 22.8 Å². The van der Waals surface area contributed by atoms with Gasteiger partial charge in [0.05, 0.1) is 5.56 Å². The summed E-state index contributed by atoms with van der Waals surface area (Å²) in [7, 11) is 0. The van der Waals surface area contributed by atoms with Crippen molar-refractivity contribution >= 4 is 5.65 Å². The molecule has 0 atom stereocenters. The minimum Gasteiger partial charge on any atom is -0.436 e. The van der Waals surface area contributed by atoms with E-state index in [4.69, 9.17) is 10.00 Å². The second-order valence-corrected chi connectivity index (χ2v) is 3.41. The highest BCUT2D eigenvalue weighted by molar-refractivity contribution is 5.44. The van der Waals surface area contributed by atoms with Crippen molar-refractivity contribution in [2.24, 2.45) is 0 Å². The van der Waals surface area contributed by atoms with Crippen molar-refractivity contribution < 1.29 is 4.74 Å². The summed E-state index contributed by atoms with van der Waals surface area (Å²) in [5.41, 5.74) is 0.965. The molecule has 0 radical (unpaired) electrons. The fourth-order valence-electron chi connectivity index (χ4n) is 1.45. The van der Waals surface area contributed by atoms with Crippen LogP contribution in [0.4, 0.5) is 0 Å². The van der Waals surface area contributed by atoms with E-state index < -0.39 is 0 Å². The third kappa shape index (κ3) is 1.72. The van der Waals surface area contributed by atoms with Crippen LogP contribution < -0.4 is 4.74 Å². The minimum atomic E-state index is 0.317. The van der Waals surface area contributed by atoms with Crippen LogP contribution in [0.25, 0.3) is 5.65 Å². The topological polar surface area (TPSA) is 89.0 Å². The van der Waals surface area contributed by atoms with E-state index in [1.807, 2.05) is 6.07 Å². The summed E-state index contributed by atoms with van der Waals surface area (Å²) in [5.74, 6) is 0.762. The van der Waals surface area contributed by atoms with Gasteiger partial charge in [0, 0.05) is 6.07 Å². The number of tetrazole rings is 1. The van der Waals surface area contributed by atoms with Crippen molar-refractivity contribution in [3.8, 4) is 17.7 Å². The summed E-state index contributed by atoms with van der Waals surface area (Å²) in [5, 5.41) is 23.9. The van der Waals surface area contributed by atoms with Gasteiger partial charge in [-0.25, -0.2) is 0 Å². The predicted octanol–water partition coefficient (Wildman–Crippen LogP) is 1.18. The molecule has 86 valence electrons. The van der Waals surface area contributed by atoms with Gasteiger partial charge in [-0.2, -0.15) is 5.26 Å². The quantitative estimate of drug-likeness (QED) is 0.666. The summed E-state index contributed by atoms with van der Waals surface area (Å²) in [4.78, 5) is 0. The summed E-state index contributed by atoms with van der Waals surface area (Å²) in [6.45, 7) is 0. The van der Waals surface area contributed by atoms with Crippen LogP contribution in [0.1, 0.15) is 5.56 Å². The zero-order valence-corrected chi connectivity index (χ0v) is 9.06. The van der Waals surface area contributed by atoms with Gasteiger partial charge in [-0.1, -0.05) is 12.1 Å². The van der Waals surface area contributed by atoms with E-state index in [-0.39, 0.29) is 0 Å². The molecule has 0 aliphatic carbocycles. The number of fused-ring (bicyclic) bond motifs is 1. The van der Waals surface area contributed by atoms with Crippen molar-refractivity contribution in [2.75, 3.05) is 0 Å². The van der Waals surface area contributed by atoms with Gasteiger partial charge >= 0.3 is 0 Å². The number of nitrogens with zero attached hydrogens (tertiary/aromatic N) is 6. The summed E-state index contributed by atoms with van der Waals surface area (Å²) >= 11 is 0. The first-order chi connectivity index (χ1) is 8.86. The van der Waals surface area contributed by atoms with E-state index in [9.17, 15) is 0 Å². The van der Waals surface area contributed by atoms with E-state index in [2.05, 4.69) is 20.6 Å². The molecule has 3 aromatic rings. The van der Waals surface area contributed by atoms with Gasteiger partial charge in [-0.3, -0.25) is 0 Å². The van der Waals surface area contributed by atoms with Gasteiger partial charge in [0.15, 0.2) is 5.65 Å². The highest BCUT2D eigenvalue weighted by atomic mass is 16.5. The molecular weight excluding hydrogens is 232 g/mol. The average molecular weight is 238 g/mol. The molecule has 0 saturated heterocycles. The third-order valence-electron chi connectivity index (χ3n) is 2.27. The maximum atomic E-state index is 8.95. The van der Waals surface area contributed by atoms with Crippen LogP contribution in [0, 0.1) is 11.3 Å². The summed E-state index contributed by atoms with van der Waals surface area (Å²) in [6.07, 6.45) is 0. The van der Waals surface area contributed by atoms with E-state index in [1.54, 1.807) is 36.4 Å². The highest BCUT2D eigenvalue weighted by Crippen LogP contribution is 2.22. The molecule has 0 N–H and O–H groups in total. The molecule has 3 rings (SSSR count). The maximum absolute atomic E-state index is 8.95. The number of hydrogen-bond acceptors (Lipinski definition) is 6. The molecule has 0 aliphatic rings. The molecule has 0 bridgehead atoms. The van der Waals surface area contributed by atoms with Crippen molar-refractivity contribution in [2.45, 2.75) is 0 Å². The predicted molar refractivity (Wildman–Crippen MR) is 59.8 cm³/mol. The van der Waals surface area contributed by atoms with Gasteiger partial charge in [0.25, 0.3) is 0 Å². The highest BCUT2D eigenvalue weighted by Gasteiger charge is 2.06. The van der Waals surface area contributed by atoms with Crippen LogP contribution in [0.3, 0.4) is 0 Å². The lowest BCUT2D eigenvalue weighted by Crippen LogP contribution is -1.97. The zero-order valence-electron chi connectivity index (χ0n) is 9.06. The fraction of sp³-hybridized carbons (Fsp3) is 0. The first-order valence-electron chi connectivity index (χ1n) is 5.09. The second-order valence-electron chi connectivity index (χ2n) is 3.41. The number of nitriles is 1. The Bertz CT molecular complexity index is 744. The fourth-order valence-corrected chi connectivity index (χ4v) is 1.45. The van der Waals surface area contributed by atoms with E-state index >= 15 is 0 Å². The SMILES string of the molecule is N#Cc1ccccc1Oc1ccc2nnnn2n1. The first-order valence-corrected chi connectivity index (χ1v) is 5.09. The van der Waals surface area contributed by atoms with E-state index in [0.717, 1.165) is 0 Å². The molecule has 0 unspecified atom stereocenters. The van der Waals surface area contributed by atoms with Gasteiger partial charge < -0.3 is 4.74 Å². The normalized spacial score (nSPS) is 10.2. The Hall–Kier alpha value is -3.01. The Morgan fingerprint density at radius 2 is 2.06 bits per heavy atom. The smallest absolute Gasteiger partial charge is 0.239 e. The van der Waals surface area contributed by atoms with Crippen molar-refractivity contribution in [1.29, 1.82) is 5.26 Å². The zero-order chi connectivity index (χ0) is 12.4. The van der Waals surface area contributed by atoms with Crippen molar-refractivity contribution in [3.05, 3.63) is 42.0 Å². The van der Waals surface area contributed by atoms with Crippen molar-refractivity contribution in [1.82, 2.24) is 25.3 Å². The average Bonchev–Trinajstić information content (AvgIpc) is 2.87. The monoisotopic (exact) mass is 238 g/mol. The minimum absolute atomic E-state index is 0.317. The molecule has 0 fully saturated rings. The van der Waals surface area contributed by atoms with Crippen molar-refractivity contribution in [3.63, 3.8) is 0 Å². The van der Waals surface area contributed by atoms with Crippen LogP contribution in [0.2, 0.25) is 0 Å². The Labute approximate surface area is 101 Å². The van der Waals surface area contributed by atoms with Gasteiger partial charge in [-0.05, 0) is 28.6 Å². The Kier molecular flexibility index (Phi) is 2.32. The summed E-state index contributed by atoms with van der Waals surface area (Å²) in [6, 6.07) is 12.3. The van der Waals surface area contributed by atoms with Crippen LogP contribution >= 0.6 is 0 Å². The lowest BCUT2D eigenvalue weighted by atomic mass is 10.2. The Morgan fingerprint density at radius 1 is 1.17 bits per heavy atom. The number of aromatic nitrogens is 5.